The molecule has 2 aromatic rings. The van der Waals surface area contributed by atoms with Crippen LogP contribution >= 0.6 is 0 Å². The van der Waals surface area contributed by atoms with Crippen LogP contribution in [0.2, 0.25) is 0 Å². The molecule has 1 fully saturated rings. The SMILES string of the molecule is Cc1ccc(S(=O)(=O)NC[C@@H](NC2CCCCC2)c2ccccc2)cc1. The second-order valence-corrected chi connectivity index (χ2v) is 8.90. The van der Waals surface area contributed by atoms with Crippen molar-refractivity contribution in [2.24, 2.45) is 0 Å². The van der Waals surface area contributed by atoms with Crippen LogP contribution in [-0.2, 0) is 10.0 Å². The predicted octanol–water partition coefficient (Wildman–Crippen LogP) is 3.94. The number of aryl methyl sites for hydroxylation is 1. The fourth-order valence-electron chi connectivity index (χ4n) is 3.51. The van der Waals surface area contributed by atoms with Gasteiger partial charge in [-0.1, -0.05) is 67.3 Å². The zero-order valence-corrected chi connectivity index (χ0v) is 16.1. The van der Waals surface area contributed by atoms with E-state index in [0.29, 0.717) is 17.5 Å². The van der Waals surface area contributed by atoms with Crippen LogP contribution in [-0.4, -0.2) is 21.0 Å². The summed E-state index contributed by atoms with van der Waals surface area (Å²) in [5, 5.41) is 3.68. The molecule has 1 saturated carbocycles. The van der Waals surface area contributed by atoms with Crippen LogP contribution in [0.25, 0.3) is 0 Å². The molecule has 0 aromatic heterocycles. The maximum atomic E-state index is 12.6. The molecule has 0 heterocycles. The first kappa shape index (κ1) is 19.1. The van der Waals surface area contributed by atoms with Gasteiger partial charge in [-0.05, 0) is 37.5 Å². The molecule has 2 aromatic carbocycles. The molecular formula is C21H28N2O2S. The molecule has 0 bridgehead atoms. The molecule has 140 valence electrons. The monoisotopic (exact) mass is 372 g/mol. The van der Waals surface area contributed by atoms with Gasteiger partial charge in [-0.25, -0.2) is 13.1 Å². The largest absolute Gasteiger partial charge is 0.306 e. The van der Waals surface area contributed by atoms with Gasteiger partial charge in [-0.2, -0.15) is 0 Å². The average Bonchev–Trinajstić information content (AvgIpc) is 2.67. The van der Waals surface area contributed by atoms with E-state index in [9.17, 15) is 8.42 Å². The minimum absolute atomic E-state index is 0.0282. The minimum atomic E-state index is -3.51. The summed E-state index contributed by atoms with van der Waals surface area (Å²) in [6, 6.07) is 17.5. The quantitative estimate of drug-likeness (QED) is 0.774. The molecule has 1 atom stereocenters. The van der Waals surface area contributed by atoms with E-state index in [1.807, 2.05) is 37.3 Å². The van der Waals surface area contributed by atoms with Gasteiger partial charge in [0, 0.05) is 18.6 Å². The lowest BCUT2D eigenvalue weighted by atomic mass is 9.94. The summed E-state index contributed by atoms with van der Waals surface area (Å²) in [7, 11) is -3.51. The van der Waals surface area contributed by atoms with Crippen LogP contribution in [0.3, 0.4) is 0 Å². The van der Waals surface area contributed by atoms with Crippen molar-refractivity contribution >= 4 is 10.0 Å². The van der Waals surface area contributed by atoms with E-state index in [1.165, 1.54) is 19.3 Å². The molecule has 5 heteroatoms. The Balaban J connectivity index is 1.71. The van der Waals surface area contributed by atoms with E-state index in [-0.39, 0.29) is 6.04 Å². The van der Waals surface area contributed by atoms with Crippen molar-refractivity contribution in [1.29, 1.82) is 0 Å². The van der Waals surface area contributed by atoms with Gasteiger partial charge >= 0.3 is 0 Å². The first-order valence-corrected chi connectivity index (χ1v) is 10.9. The number of benzene rings is 2. The van der Waals surface area contributed by atoms with Crippen molar-refractivity contribution in [3.63, 3.8) is 0 Å². The number of hydrogen-bond donors (Lipinski definition) is 2. The fraction of sp³-hybridized carbons (Fsp3) is 0.429. The first-order valence-electron chi connectivity index (χ1n) is 9.42. The summed E-state index contributed by atoms with van der Waals surface area (Å²) < 4.78 is 28.1. The topological polar surface area (TPSA) is 58.2 Å². The second-order valence-electron chi connectivity index (χ2n) is 7.13. The number of sulfonamides is 1. The molecule has 4 nitrogen and oxygen atoms in total. The lowest BCUT2D eigenvalue weighted by molar-refractivity contribution is 0.337. The zero-order chi connectivity index (χ0) is 18.4. The Bertz CT molecular complexity index is 783. The van der Waals surface area contributed by atoms with E-state index < -0.39 is 10.0 Å². The Hall–Kier alpha value is -1.69. The molecule has 0 saturated heterocycles. The van der Waals surface area contributed by atoms with Gasteiger partial charge in [0.15, 0.2) is 0 Å². The van der Waals surface area contributed by atoms with Crippen molar-refractivity contribution in [1.82, 2.24) is 10.0 Å². The lowest BCUT2D eigenvalue weighted by Crippen LogP contribution is -2.40. The van der Waals surface area contributed by atoms with Crippen LogP contribution in [0.4, 0.5) is 0 Å². The molecule has 26 heavy (non-hydrogen) atoms. The summed E-state index contributed by atoms with van der Waals surface area (Å²) in [5.41, 5.74) is 2.16. The van der Waals surface area contributed by atoms with Crippen molar-refractivity contribution in [2.45, 2.75) is 56.0 Å². The van der Waals surface area contributed by atoms with Gasteiger partial charge in [0.05, 0.1) is 4.90 Å². The third-order valence-electron chi connectivity index (χ3n) is 5.05. The Kier molecular flexibility index (Phi) is 6.46. The number of nitrogens with one attached hydrogen (secondary N) is 2. The Morgan fingerprint density at radius 1 is 0.962 bits per heavy atom. The Labute approximate surface area is 157 Å². The van der Waals surface area contributed by atoms with Crippen molar-refractivity contribution < 1.29 is 8.42 Å². The third-order valence-corrected chi connectivity index (χ3v) is 6.49. The molecule has 2 N–H and O–H groups in total. The van der Waals surface area contributed by atoms with Gasteiger partial charge in [0.2, 0.25) is 10.0 Å². The number of rotatable bonds is 7. The molecule has 1 aliphatic rings. The summed E-state index contributed by atoms with van der Waals surface area (Å²) in [6.45, 7) is 2.29. The highest BCUT2D eigenvalue weighted by Gasteiger charge is 2.22. The highest BCUT2D eigenvalue weighted by atomic mass is 32.2. The van der Waals surface area contributed by atoms with Gasteiger partial charge in [-0.3, -0.25) is 0 Å². The van der Waals surface area contributed by atoms with Crippen LogP contribution in [0.5, 0.6) is 0 Å². The van der Waals surface area contributed by atoms with Gasteiger partial charge < -0.3 is 5.32 Å². The molecule has 0 radical (unpaired) electrons. The summed E-state index contributed by atoms with van der Waals surface area (Å²) in [4.78, 5) is 0.313. The molecule has 0 aliphatic heterocycles. The summed E-state index contributed by atoms with van der Waals surface area (Å²) in [5.74, 6) is 0. The van der Waals surface area contributed by atoms with Gasteiger partial charge in [0.1, 0.15) is 0 Å². The molecule has 0 unspecified atom stereocenters. The lowest BCUT2D eigenvalue weighted by Gasteiger charge is -2.29. The zero-order valence-electron chi connectivity index (χ0n) is 15.3. The predicted molar refractivity (Wildman–Crippen MR) is 106 cm³/mol. The molecular weight excluding hydrogens is 344 g/mol. The van der Waals surface area contributed by atoms with E-state index in [1.54, 1.807) is 12.1 Å². The highest BCUT2D eigenvalue weighted by molar-refractivity contribution is 7.89. The fourth-order valence-corrected chi connectivity index (χ4v) is 4.55. The standard InChI is InChI=1S/C21H28N2O2S/c1-17-12-14-20(15-13-17)26(24,25)22-16-21(18-8-4-2-5-9-18)23-19-10-6-3-7-11-19/h2,4-5,8-9,12-15,19,21-23H,3,6-7,10-11,16H2,1H3/t21-/m1/s1. The molecule has 3 rings (SSSR count). The molecule has 0 spiro atoms. The van der Waals surface area contributed by atoms with E-state index >= 15 is 0 Å². The highest BCUT2D eigenvalue weighted by Crippen LogP contribution is 2.22. The molecule has 1 aliphatic carbocycles. The second kappa shape index (κ2) is 8.80. The maximum Gasteiger partial charge on any atom is 0.240 e. The molecule has 0 amide bonds. The third kappa shape index (κ3) is 5.16. The summed E-state index contributed by atoms with van der Waals surface area (Å²) >= 11 is 0. The van der Waals surface area contributed by atoms with Crippen LogP contribution in [0.15, 0.2) is 59.5 Å². The van der Waals surface area contributed by atoms with Crippen molar-refractivity contribution in [3.05, 3.63) is 65.7 Å². The minimum Gasteiger partial charge on any atom is -0.306 e. The smallest absolute Gasteiger partial charge is 0.240 e. The average molecular weight is 373 g/mol. The van der Waals surface area contributed by atoms with E-state index in [0.717, 1.165) is 24.0 Å². The van der Waals surface area contributed by atoms with Gasteiger partial charge in [0.25, 0.3) is 0 Å². The summed E-state index contributed by atoms with van der Waals surface area (Å²) in [6.07, 6.45) is 6.11. The van der Waals surface area contributed by atoms with Gasteiger partial charge in [-0.15, -0.1) is 0 Å². The van der Waals surface area contributed by atoms with E-state index in [2.05, 4.69) is 22.2 Å². The Morgan fingerprint density at radius 2 is 1.62 bits per heavy atom. The van der Waals surface area contributed by atoms with Crippen LogP contribution < -0.4 is 10.0 Å². The first-order chi connectivity index (χ1) is 12.5. The van der Waals surface area contributed by atoms with Crippen LogP contribution in [0.1, 0.15) is 49.3 Å². The number of hydrogen-bond acceptors (Lipinski definition) is 3. The maximum absolute atomic E-state index is 12.6. The van der Waals surface area contributed by atoms with Crippen LogP contribution in [0, 0.1) is 6.92 Å². The van der Waals surface area contributed by atoms with Crippen molar-refractivity contribution in [2.75, 3.05) is 6.54 Å². The van der Waals surface area contributed by atoms with Crippen molar-refractivity contribution in [3.8, 4) is 0 Å². The normalized spacial score (nSPS) is 17.1. The Morgan fingerprint density at radius 3 is 2.27 bits per heavy atom. The van der Waals surface area contributed by atoms with E-state index in [4.69, 9.17) is 0 Å².